The number of nitrogens with one attached hydrogen (secondary N) is 1. The lowest BCUT2D eigenvalue weighted by molar-refractivity contribution is -0.203. The zero-order valence-electron chi connectivity index (χ0n) is 19.8. The van der Waals surface area contributed by atoms with Crippen LogP contribution in [0.15, 0.2) is 36.4 Å². The summed E-state index contributed by atoms with van der Waals surface area (Å²) in [7, 11) is 4.02. The molecule has 0 aromatic heterocycles. The van der Waals surface area contributed by atoms with Gasteiger partial charge in [0.15, 0.2) is 11.5 Å². The summed E-state index contributed by atoms with van der Waals surface area (Å²) in [5.74, 6) is 1.08. The summed E-state index contributed by atoms with van der Waals surface area (Å²) in [5.41, 5.74) is 1.60. The number of carbonyl (C=O) groups excluding carboxylic acids is 1. The minimum Gasteiger partial charge on any atom is -0.504 e. The van der Waals surface area contributed by atoms with Crippen LogP contribution < -0.4 is 10.1 Å². The van der Waals surface area contributed by atoms with Gasteiger partial charge in [-0.3, -0.25) is 10.1 Å². The van der Waals surface area contributed by atoms with Crippen LogP contribution in [0.3, 0.4) is 0 Å². The first-order valence-corrected chi connectivity index (χ1v) is 12.8. The summed E-state index contributed by atoms with van der Waals surface area (Å²) in [6.45, 7) is 0.938. The molecule has 2 N–H and O–H groups in total. The van der Waals surface area contributed by atoms with E-state index in [1.165, 1.54) is 5.56 Å². The Morgan fingerprint density at radius 2 is 2.24 bits per heavy atom. The van der Waals surface area contributed by atoms with E-state index >= 15 is 0 Å². The number of hydrogen-bond acceptors (Lipinski definition) is 6. The smallest absolute Gasteiger partial charge is 0.238 e. The molecule has 34 heavy (non-hydrogen) atoms. The van der Waals surface area contributed by atoms with E-state index in [1.54, 1.807) is 6.07 Å². The maximum absolute atomic E-state index is 12.5. The highest BCUT2D eigenvalue weighted by atomic mass is 35.5. The number of methoxy groups -OCH3 is 1. The van der Waals surface area contributed by atoms with Gasteiger partial charge in [-0.25, -0.2) is 0 Å². The van der Waals surface area contributed by atoms with Gasteiger partial charge in [0.2, 0.25) is 5.24 Å². The van der Waals surface area contributed by atoms with Crippen molar-refractivity contribution in [1.82, 2.24) is 10.2 Å². The monoisotopic (exact) mass is 484 g/mol. The Kier molecular flexibility index (Phi) is 5.37. The maximum Gasteiger partial charge on any atom is 0.238 e. The molecule has 6 rings (SSSR count). The summed E-state index contributed by atoms with van der Waals surface area (Å²) in [5, 5.41) is 14.1. The predicted octanol–water partition coefficient (Wildman–Crippen LogP) is 3.44. The highest BCUT2D eigenvalue weighted by Crippen LogP contribution is 2.66. The molecule has 1 aromatic carbocycles. The molecule has 7 atom stereocenters. The molecule has 2 aliphatic heterocycles. The van der Waals surface area contributed by atoms with E-state index in [0.717, 1.165) is 44.2 Å². The standard InChI is InChI=1S/C27H33ClN2O4/c1-30-13-12-26-22-17-8-9-20(31)23(22)34-24(26)18(10-11-27(26,33-2)21(30)15-17)29-19(25(28)32)14-16-6-4-3-5-7-16/h3-6,8-9,16,18-19,21,24,29,31H,7,10-15H2,1-2H3/t16?,18-,19+,21-,24+,26+,27-/m1/s1. The molecule has 1 aromatic rings. The number of likely N-dealkylation sites (tertiary alicyclic amines) is 1. The van der Waals surface area contributed by atoms with Crippen LogP contribution in [0.5, 0.6) is 11.5 Å². The van der Waals surface area contributed by atoms with E-state index in [1.807, 2.05) is 19.3 Å². The van der Waals surface area contributed by atoms with Crippen LogP contribution in [0, 0.1) is 5.92 Å². The zero-order chi connectivity index (χ0) is 23.7. The lowest BCUT2D eigenvalue weighted by atomic mass is 9.48. The fourth-order valence-corrected chi connectivity index (χ4v) is 8.06. The summed E-state index contributed by atoms with van der Waals surface area (Å²) in [4.78, 5) is 14.9. The van der Waals surface area contributed by atoms with Gasteiger partial charge in [-0.15, -0.1) is 0 Å². The minimum atomic E-state index is -0.453. The van der Waals surface area contributed by atoms with Gasteiger partial charge in [0.1, 0.15) is 6.10 Å². The van der Waals surface area contributed by atoms with Crippen molar-refractivity contribution in [2.45, 2.75) is 73.8 Å². The number of rotatable bonds is 6. The van der Waals surface area contributed by atoms with Crippen molar-refractivity contribution in [3.8, 4) is 11.5 Å². The van der Waals surface area contributed by atoms with Crippen molar-refractivity contribution in [1.29, 1.82) is 0 Å². The zero-order valence-corrected chi connectivity index (χ0v) is 20.6. The number of phenolic OH excluding ortho intramolecular Hbond substituents is 1. The number of carbonyl (C=O) groups is 1. The number of allylic oxidation sites excluding steroid dienone is 4. The SMILES string of the molecule is CO[C@@]12CC[C@@H](N[C@@H](CC3C=CC=CC3)C(=O)Cl)[C@@H]3Oc4c(O)ccc5c4[C@@]31CCN(C)[C@@H]2C5. The molecule has 1 saturated carbocycles. The lowest BCUT2D eigenvalue weighted by Gasteiger charge is -2.65. The normalized spacial score (nSPS) is 38.3. The van der Waals surface area contributed by atoms with Gasteiger partial charge in [-0.1, -0.05) is 30.4 Å². The second-order valence-corrected chi connectivity index (χ2v) is 11.1. The van der Waals surface area contributed by atoms with Crippen molar-refractivity contribution >= 4 is 16.8 Å². The minimum absolute atomic E-state index is 0.0686. The van der Waals surface area contributed by atoms with Gasteiger partial charge in [-0.05, 0) is 81.3 Å². The Bertz CT molecular complexity index is 1070. The van der Waals surface area contributed by atoms with Crippen LogP contribution in [0.2, 0.25) is 0 Å². The highest BCUT2D eigenvalue weighted by molar-refractivity contribution is 6.64. The first kappa shape index (κ1) is 22.6. The quantitative estimate of drug-likeness (QED) is 0.603. The number of ether oxygens (including phenoxy) is 2. The average Bonchev–Trinajstić information content (AvgIpc) is 3.20. The Labute approximate surface area is 205 Å². The number of nitrogens with zero attached hydrogens (tertiary/aromatic N) is 1. The number of likely N-dealkylation sites (N-methyl/N-ethyl adjacent to an activating group) is 1. The van der Waals surface area contributed by atoms with E-state index in [0.29, 0.717) is 12.2 Å². The van der Waals surface area contributed by atoms with Crippen molar-refractivity contribution in [3.05, 3.63) is 47.6 Å². The number of phenols is 1. The number of halogens is 1. The van der Waals surface area contributed by atoms with Crippen LogP contribution in [0.25, 0.3) is 0 Å². The molecule has 182 valence electrons. The summed E-state index contributed by atoms with van der Waals surface area (Å²) in [6, 6.07) is 3.53. The van der Waals surface area contributed by atoms with Crippen molar-refractivity contribution < 1.29 is 19.4 Å². The Balaban J connectivity index is 1.39. The molecule has 1 saturated heterocycles. The van der Waals surface area contributed by atoms with E-state index in [9.17, 15) is 9.90 Å². The molecule has 2 heterocycles. The topological polar surface area (TPSA) is 71.0 Å². The van der Waals surface area contributed by atoms with E-state index in [-0.39, 0.29) is 40.5 Å². The largest absolute Gasteiger partial charge is 0.504 e. The molecular weight excluding hydrogens is 452 g/mol. The fourth-order valence-electron chi connectivity index (χ4n) is 7.90. The van der Waals surface area contributed by atoms with E-state index in [4.69, 9.17) is 21.1 Å². The predicted molar refractivity (Wildman–Crippen MR) is 130 cm³/mol. The van der Waals surface area contributed by atoms with Crippen LogP contribution >= 0.6 is 11.6 Å². The van der Waals surface area contributed by atoms with Gasteiger partial charge in [-0.2, -0.15) is 0 Å². The maximum atomic E-state index is 12.5. The second kappa shape index (κ2) is 8.09. The molecule has 6 nitrogen and oxygen atoms in total. The van der Waals surface area contributed by atoms with Gasteiger partial charge in [0, 0.05) is 24.8 Å². The third kappa shape index (κ3) is 2.95. The lowest BCUT2D eigenvalue weighted by Crippen LogP contribution is -2.78. The van der Waals surface area contributed by atoms with Gasteiger partial charge >= 0.3 is 0 Å². The third-order valence-corrected chi connectivity index (χ3v) is 9.61. The second-order valence-electron chi connectivity index (χ2n) is 10.7. The number of benzene rings is 1. The van der Waals surface area contributed by atoms with Gasteiger partial charge in [0.25, 0.3) is 0 Å². The molecule has 7 heteroatoms. The van der Waals surface area contributed by atoms with E-state index in [2.05, 4.69) is 35.5 Å². The fraction of sp³-hybridized carbons (Fsp3) is 0.593. The Hall–Kier alpha value is -1.86. The summed E-state index contributed by atoms with van der Waals surface area (Å²) >= 11 is 6.13. The molecule has 2 fully saturated rings. The molecular formula is C27H33ClN2O4. The van der Waals surface area contributed by atoms with Crippen LogP contribution in [-0.4, -0.2) is 65.8 Å². The summed E-state index contributed by atoms with van der Waals surface area (Å²) < 4.78 is 13.2. The number of hydrogen-bond donors (Lipinski definition) is 2. The van der Waals surface area contributed by atoms with E-state index < -0.39 is 11.6 Å². The number of piperidine rings is 1. The average molecular weight is 485 g/mol. The molecule has 0 radical (unpaired) electrons. The molecule has 1 spiro atoms. The Morgan fingerprint density at radius 3 is 2.97 bits per heavy atom. The molecule has 3 aliphatic carbocycles. The molecule has 5 aliphatic rings. The molecule has 0 amide bonds. The third-order valence-electron chi connectivity index (χ3n) is 9.35. The summed E-state index contributed by atoms with van der Waals surface area (Å²) in [6.07, 6.45) is 13.1. The van der Waals surface area contributed by atoms with Crippen LogP contribution in [0.1, 0.15) is 43.2 Å². The van der Waals surface area contributed by atoms with Crippen LogP contribution in [-0.2, 0) is 21.4 Å². The Morgan fingerprint density at radius 1 is 1.38 bits per heavy atom. The first-order valence-electron chi connectivity index (χ1n) is 12.5. The van der Waals surface area contributed by atoms with Crippen molar-refractivity contribution in [2.75, 3.05) is 20.7 Å². The molecule has 2 bridgehead atoms. The van der Waals surface area contributed by atoms with Crippen molar-refractivity contribution in [3.63, 3.8) is 0 Å². The van der Waals surface area contributed by atoms with Crippen LogP contribution in [0.4, 0.5) is 0 Å². The molecule has 1 unspecified atom stereocenters. The first-order chi connectivity index (χ1) is 16.4. The number of aromatic hydroxyl groups is 1. The van der Waals surface area contributed by atoms with Crippen molar-refractivity contribution in [2.24, 2.45) is 5.92 Å². The van der Waals surface area contributed by atoms with Gasteiger partial charge in [0.05, 0.1) is 17.1 Å². The van der Waals surface area contributed by atoms with Gasteiger partial charge < -0.3 is 19.5 Å². The highest BCUT2D eigenvalue weighted by Gasteiger charge is 2.73.